The van der Waals surface area contributed by atoms with Crippen LogP contribution in [0.3, 0.4) is 0 Å². The summed E-state index contributed by atoms with van der Waals surface area (Å²) in [5.41, 5.74) is 0.928. The quantitative estimate of drug-likeness (QED) is 0.446. The summed E-state index contributed by atoms with van der Waals surface area (Å²) in [6.45, 7) is 4.87. The summed E-state index contributed by atoms with van der Waals surface area (Å²) in [6, 6.07) is 4.35. The lowest BCUT2D eigenvalue weighted by Crippen LogP contribution is -2.12. The van der Waals surface area contributed by atoms with Crippen molar-refractivity contribution in [1.82, 2.24) is 0 Å². The van der Waals surface area contributed by atoms with Crippen molar-refractivity contribution in [2.45, 2.75) is 6.92 Å². The van der Waals surface area contributed by atoms with Crippen molar-refractivity contribution in [2.24, 2.45) is 0 Å². The average molecular weight is 357 g/mol. The molecule has 0 saturated carbocycles. The first-order valence-electron chi connectivity index (χ1n) is 6.02. The fraction of sp³-hybridized carbons (Fsp3) is 0.200. The third-order valence-corrected chi connectivity index (χ3v) is 2.87. The topological polar surface area (TPSA) is 52.6 Å². The summed E-state index contributed by atoms with van der Waals surface area (Å²) in [5, 5.41) is 0. The van der Waals surface area contributed by atoms with Crippen LogP contribution in [0.15, 0.2) is 40.9 Å². The Balaban J connectivity index is 2.36. The zero-order valence-corrected chi connectivity index (χ0v) is 13.0. The van der Waals surface area contributed by atoms with Crippen molar-refractivity contribution < 1.29 is 23.5 Å². The van der Waals surface area contributed by atoms with Crippen molar-refractivity contribution in [3.8, 4) is 0 Å². The Morgan fingerprint density at radius 2 is 2.00 bits per heavy atom. The van der Waals surface area contributed by atoms with Gasteiger partial charge in [0.15, 0.2) is 0 Å². The lowest BCUT2D eigenvalue weighted by Gasteiger charge is -2.04. The molecule has 0 spiro atoms. The molecule has 0 heterocycles. The van der Waals surface area contributed by atoms with Crippen molar-refractivity contribution in [3.63, 3.8) is 0 Å². The van der Waals surface area contributed by atoms with Gasteiger partial charge in [-0.3, -0.25) is 0 Å². The minimum absolute atomic E-state index is 0.0344. The van der Waals surface area contributed by atoms with E-state index in [4.69, 9.17) is 9.47 Å². The zero-order valence-electron chi connectivity index (χ0n) is 11.4. The Hall–Kier alpha value is -1.95. The Morgan fingerprint density at radius 1 is 1.33 bits per heavy atom. The van der Waals surface area contributed by atoms with E-state index in [0.717, 1.165) is 0 Å². The number of benzene rings is 1. The van der Waals surface area contributed by atoms with Gasteiger partial charge >= 0.3 is 11.9 Å². The van der Waals surface area contributed by atoms with E-state index < -0.39 is 11.9 Å². The molecule has 1 aromatic rings. The van der Waals surface area contributed by atoms with Crippen LogP contribution in [-0.4, -0.2) is 25.2 Å². The molecule has 0 saturated heterocycles. The van der Waals surface area contributed by atoms with Crippen LogP contribution in [0.25, 0.3) is 6.08 Å². The van der Waals surface area contributed by atoms with E-state index in [1.165, 1.54) is 37.3 Å². The lowest BCUT2D eigenvalue weighted by molar-refractivity contribution is -0.146. The van der Waals surface area contributed by atoms with Gasteiger partial charge in [0.25, 0.3) is 0 Å². The highest BCUT2D eigenvalue weighted by molar-refractivity contribution is 9.10. The molecule has 0 bridgehead atoms. The largest absolute Gasteiger partial charge is 0.459 e. The van der Waals surface area contributed by atoms with Crippen LogP contribution in [0.1, 0.15) is 12.5 Å². The van der Waals surface area contributed by atoms with Gasteiger partial charge in [0.2, 0.25) is 0 Å². The van der Waals surface area contributed by atoms with Crippen LogP contribution < -0.4 is 0 Å². The number of esters is 2. The maximum absolute atomic E-state index is 13.0. The molecule has 6 heteroatoms. The molecule has 112 valence electrons. The first-order valence-corrected chi connectivity index (χ1v) is 6.82. The molecule has 0 N–H and O–H groups in total. The summed E-state index contributed by atoms with van der Waals surface area (Å²) >= 11 is 3.05. The van der Waals surface area contributed by atoms with Crippen LogP contribution in [0.4, 0.5) is 4.39 Å². The van der Waals surface area contributed by atoms with Gasteiger partial charge in [-0.15, -0.1) is 0 Å². The molecule has 1 rings (SSSR count). The molecule has 0 fully saturated rings. The first-order chi connectivity index (χ1) is 9.90. The van der Waals surface area contributed by atoms with Gasteiger partial charge in [-0.2, -0.15) is 0 Å². The maximum Gasteiger partial charge on any atom is 0.333 e. The second-order valence-corrected chi connectivity index (χ2v) is 4.94. The Bertz CT molecular complexity index is 581. The Kier molecular flexibility index (Phi) is 6.81. The van der Waals surface area contributed by atoms with E-state index in [1.807, 2.05) is 0 Å². The van der Waals surface area contributed by atoms with Crippen molar-refractivity contribution >= 4 is 33.9 Å². The van der Waals surface area contributed by atoms with Gasteiger partial charge in [0, 0.05) is 11.6 Å². The molecule has 0 atom stereocenters. The summed E-state index contributed by atoms with van der Waals surface area (Å²) in [4.78, 5) is 22.4. The molecular formula is C15H14BrFO4. The second-order valence-electron chi connectivity index (χ2n) is 4.09. The monoisotopic (exact) mass is 356 g/mol. The van der Waals surface area contributed by atoms with Gasteiger partial charge in [-0.1, -0.05) is 12.6 Å². The van der Waals surface area contributed by atoms with Crippen LogP contribution in [0.2, 0.25) is 0 Å². The average Bonchev–Trinajstić information content (AvgIpc) is 2.44. The molecule has 4 nitrogen and oxygen atoms in total. The standard InChI is InChI=1S/C15H14BrFO4/c1-10(2)15(19)21-8-7-20-14(18)6-4-11-3-5-13(17)12(16)9-11/h3-6,9H,1,7-8H2,2H3/b6-4+. The summed E-state index contributed by atoms with van der Waals surface area (Å²) in [7, 11) is 0. The zero-order chi connectivity index (χ0) is 15.8. The minimum Gasteiger partial charge on any atom is -0.459 e. The number of rotatable bonds is 6. The fourth-order valence-corrected chi connectivity index (χ4v) is 1.62. The number of carbonyl (C=O) groups excluding carboxylic acids is 2. The summed E-state index contributed by atoms with van der Waals surface area (Å²) < 4.78 is 22.9. The van der Waals surface area contributed by atoms with E-state index in [0.29, 0.717) is 10.0 Å². The van der Waals surface area contributed by atoms with Gasteiger partial charge in [0.1, 0.15) is 19.0 Å². The number of hydrogen-bond acceptors (Lipinski definition) is 4. The maximum atomic E-state index is 13.0. The molecule has 0 aliphatic rings. The predicted octanol–water partition coefficient (Wildman–Crippen LogP) is 3.26. The van der Waals surface area contributed by atoms with E-state index >= 15 is 0 Å². The number of halogens is 2. The van der Waals surface area contributed by atoms with Gasteiger partial charge in [-0.25, -0.2) is 14.0 Å². The Labute approximate surface area is 130 Å². The Morgan fingerprint density at radius 3 is 2.62 bits per heavy atom. The predicted molar refractivity (Wildman–Crippen MR) is 79.9 cm³/mol. The number of carbonyl (C=O) groups is 2. The molecule has 21 heavy (non-hydrogen) atoms. The smallest absolute Gasteiger partial charge is 0.333 e. The normalized spacial score (nSPS) is 10.4. The lowest BCUT2D eigenvalue weighted by atomic mass is 10.2. The number of hydrogen-bond donors (Lipinski definition) is 0. The van der Waals surface area contributed by atoms with Gasteiger partial charge in [0.05, 0.1) is 4.47 Å². The fourth-order valence-electron chi connectivity index (χ4n) is 1.23. The SMILES string of the molecule is C=C(C)C(=O)OCCOC(=O)/C=C/c1ccc(F)c(Br)c1. The molecule has 1 aromatic carbocycles. The molecule has 0 radical (unpaired) electrons. The van der Waals surface area contributed by atoms with E-state index in [2.05, 4.69) is 22.5 Å². The highest BCUT2D eigenvalue weighted by Gasteiger charge is 2.04. The van der Waals surface area contributed by atoms with E-state index in [1.54, 1.807) is 0 Å². The second kappa shape index (κ2) is 8.36. The number of ether oxygens (including phenoxy) is 2. The highest BCUT2D eigenvalue weighted by Crippen LogP contribution is 2.17. The third-order valence-electron chi connectivity index (χ3n) is 2.26. The molecule has 0 aliphatic heterocycles. The molecule has 0 amide bonds. The van der Waals surface area contributed by atoms with Crippen LogP contribution in [0, 0.1) is 5.82 Å². The van der Waals surface area contributed by atoms with E-state index in [-0.39, 0.29) is 24.6 Å². The van der Waals surface area contributed by atoms with Gasteiger partial charge in [-0.05, 0) is 46.6 Å². The molecule has 0 aromatic heterocycles. The minimum atomic E-state index is -0.582. The first kappa shape index (κ1) is 17.1. The van der Waals surface area contributed by atoms with E-state index in [9.17, 15) is 14.0 Å². The van der Waals surface area contributed by atoms with Gasteiger partial charge < -0.3 is 9.47 Å². The van der Waals surface area contributed by atoms with Crippen LogP contribution >= 0.6 is 15.9 Å². The van der Waals surface area contributed by atoms with Crippen molar-refractivity contribution in [1.29, 1.82) is 0 Å². The third kappa shape index (κ3) is 6.35. The van der Waals surface area contributed by atoms with Crippen molar-refractivity contribution in [3.05, 3.63) is 52.3 Å². The molecule has 0 unspecified atom stereocenters. The molecular weight excluding hydrogens is 343 g/mol. The summed E-state index contributed by atoms with van der Waals surface area (Å²) in [5.74, 6) is -1.49. The summed E-state index contributed by atoms with van der Waals surface area (Å²) in [6.07, 6.45) is 2.70. The van der Waals surface area contributed by atoms with Crippen LogP contribution in [-0.2, 0) is 19.1 Å². The van der Waals surface area contributed by atoms with Crippen LogP contribution in [0.5, 0.6) is 0 Å². The highest BCUT2D eigenvalue weighted by atomic mass is 79.9. The molecule has 0 aliphatic carbocycles. The van der Waals surface area contributed by atoms with Crippen molar-refractivity contribution in [2.75, 3.05) is 13.2 Å².